The van der Waals surface area contributed by atoms with Gasteiger partial charge in [0.25, 0.3) is 5.91 Å². The molecule has 0 radical (unpaired) electrons. The number of fused-ring (bicyclic) bond motifs is 1. The molecule has 0 spiro atoms. The summed E-state index contributed by atoms with van der Waals surface area (Å²) < 4.78 is 5.43. The highest BCUT2D eigenvalue weighted by Gasteiger charge is 2.13. The number of furan rings is 1. The largest absolute Gasteiger partial charge is 0.464 e. The van der Waals surface area contributed by atoms with Gasteiger partial charge in [-0.05, 0) is 24.6 Å². The summed E-state index contributed by atoms with van der Waals surface area (Å²) in [7, 11) is 0. The van der Waals surface area contributed by atoms with E-state index in [1.807, 2.05) is 43.3 Å². The Labute approximate surface area is 128 Å². The summed E-state index contributed by atoms with van der Waals surface area (Å²) in [5.74, 6) is 0.412. The normalized spacial score (nSPS) is 10.6. The molecule has 0 saturated carbocycles. The Bertz CT molecular complexity index is 781. The molecule has 3 aromatic rings. The monoisotopic (exact) mass is 295 g/mol. The van der Waals surface area contributed by atoms with Crippen LogP contribution in [0, 0.1) is 0 Å². The quantitative estimate of drug-likeness (QED) is 0.753. The molecule has 0 aliphatic carbocycles. The van der Waals surface area contributed by atoms with E-state index in [9.17, 15) is 4.79 Å². The first-order valence-corrected chi connectivity index (χ1v) is 7.26. The molecule has 0 aliphatic rings. The molecule has 5 heteroatoms. The van der Waals surface area contributed by atoms with Crippen molar-refractivity contribution in [3.8, 4) is 0 Å². The van der Waals surface area contributed by atoms with Crippen LogP contribution in [-0.4, -0.2) is 17.4 Å². The lowest BCUT2D eigenvalue weighted by molar-refractivity contribution is 0.0949. The van der Waals surface area contributed by atoms with E-state index < -0.39 is 0 Å². The molecule has 22 heavy (non-hydrogen) atoms. The van der Waals surface area contributed by atoms with Gasteiger partial charge in [0.05, 0.1) is 11.6 Å². The molecule has 2 heterocycles. The SMILES string of the molecule is CCCNC(=O)c1cc2occc2c(Nc2ccccc2)n1. The topological polar surface area (TPSA) is 67.2 Å². The maximum absolute atomic E-state index is 12.1. The third-order valence-electron chi connectivity index (χ3n) is 3.26. The molecule has 112 valence electrons. The molecule has 1 amide bonds. The van der Waals surface area contributed by atoms with Gasteiger partial charge in [-0.3, -0.25) is 4.79 Å². The van der Waals surface area contributed by atoms with Gasteiger partial charge in [0, 0.05) is 18.3 Å². The first-order valence-electron chi connectivity index (χ1n) is 7.26. The number of anilines is 2. The number of amides is 1. The Morgan fingerprint density at radius 1 is 1.23 bits per heavy atom. The van der Waals surface area contributed by atoms with Gasteiger partial charge in [-0.1, -0.05) is 25.1 Å². The number of aromatic nitrogens is 1. The van der Waals surface area contributed by atoms with Crippen molar-refractivity contribution in [2.24, 2.45) is 0 Å². The predicted molar refractivity (Wildman–Crippen MR) is 86.4 cm³/mol. The van der Waals surface area contributed by atoms with Crippen LogP contribution in [0.15, 0.2) is 53.1 Å². The summed E-state index contributed by atoms with van der Waals surface area (Å²) in [6.07, 6.45) is 2.47. The van der Waals surface area contributed by atoms with E-state index in [4.69, 9.17) is 4.42 Å². The minimum absolute atomic E-state index is 0.198. The highest BCUT2D eigenvalue weighted by molar-refractivity contribution is 5.99. The maximum atomic E-state index is 12.1. The number of para-hydroxylation sites is 1. The molecule has 2 N–H and O–H groups in total. The number of benzene rings is 1. The van der Waals surface area contributed by atoms with Crippen LogP contribution in [0.1, 0.15) is 23.8 Å². The van der Waals surface area contributed by atoms with Gasteiger partial charge in [0.15, 0.2) is 0 Å². The van der Waals surface area contributed by atoms with Crippen LogP contribution in [0.25, 0.3) is 11.0 Å². The Morgan fingerprint density at radius 2 is 2.05 bits per heavy atom. The molecule has 0 fully saturated rings. The molecule has 2 aromatic heterocycles. The average Bonchev–Trinajstić information content (AvgIpc) is 3.02. The molecule has 0 bridgehead atoms. The van der Waals surface area contributed by atoms with Gasteiger partial charge in [0.1, 0.15) is 17.1 Å². The van der Waals surface area contributed by atoms with Gasteiger partial charge >= 0.3 is 0 Å². The van der Waals surface area contributed by atoms with Crippen molar-refractivity contribution in [1.82, 2.24) is 10.3 Å². The molecular formula is C17H17N3O2. The highest BCUT2D eigenvalue weighted by atomic mass is 16.3. The van der Waals surface area contributed by atoms with E-state index in [0.717, 1.165) is 17.5 Å². The first-order chi connectivity index (χ1) is 10.8. The minimum Gasteiger partial charge on any atom is -0.464 e. The van der Waals surface area contributed by atoms with E-state index in [1.165, 1.54) is 0 Å². The van der Waals surface area contributed by atoms with Crippen molar-refractivity contribution in [1.29, 1.82) is 0 Å². The van der Waals surface area contributed by atoms with Gasteiger partial charge in [-0.15, -0.1) is 0 Å². The Morgan fingerprint density at radius 3 is 2.82 bits per heavy atom. The summed E-state index contributed by atoms with van der Waals surface area (Å²) in [6, 6.07) is 13.2. The van der Waals surface area contributed by atoms with E-state index in [2.05, 4.69) is 15.6 Å². The molecule has 0 saturated heterocycles. The average molecular weight is 295 g/mol. The summed E-state index contributed by atoms with van der Waals surface area (Å²) in [5.41, 5.74) is 1.88. The number of nitrogens with one attached hydrogen (secondary N) is 2. The first kappa shape index (κ1) is 14.1. The fourth-order valence-corrected chi connectivity index (χ4v) is 2.16. The zero-order chi connectivity index (χ0) is 15.4. The second-order valence-electron chi connectivity index (χ2n) is 4.94. The number of carbonyl (C=O) groups is 1. The lowest BCUT2D eigenvalue weighted by atomic mass is 10.2. The Hall–Kier alpha value is -2.82. The van der Waals surface area contributed by atoms with E-state index in [0.29, 0.717) is 23.6 Å². The Kier molecular flexibility index (Phi) is 4.05. The van der Waals surface area contributed by atoms with E-state index in [1.54, 1.807) is 12.3 Å². The minimum atomic E-state index is -0.198. The summed E-state index contributed by atoms with van der Waals surface area (Å²) >= 11 is 0. The number of nitrogens with zero attached hydrogens (tertiary/aromatic N) is 1. The highest BCUT2D eigenvalue weighted by Crippen LogP contribution is 2.26. The second kappa shape index (κ2) is 6.30. The number of hydrogen-bond acceptors (Lipinski definition) is 4. The summed E-state index contributed by atoms with van der Waals surface area (Å²) in [5, 5.41) is 6.90. The zero-order valence-corrected chi connectivity index (χ0v) is 12.3. The molecular weight excluding hydrogens is 278 g/mol. The smallest absolute Gasteiger partial charge is 0.270 e. The molecule has 0 aliphatic heterocycles. The van der Waals surface area contributed by atoms with E-state index >= 15 is 0 Å². The van der Waals surface area contributed by atoms with Crippen molar-refractivity contribution in [2.45, 2.75) is 13.3 Å². The van der Waals surface area contributed by atoms with Gasteiger partial charge < -0.3 is 15.1 Å². The fraction of sp³-hybridized carbons (Fsp3) is 0.176. The molecule has 0 atom stereocenters. The molecule has 3 rings (SSSR count). The number of rotatable bonds is 5. The summed E-state index contributed by atoms with van der Waals surface area (Å²) in [6.45, 7) is 2.63. The Balaban J connectivity index is 1.97. The predicted octanol–water partition coefficient (Wildman–Crippen LogP) is 3.71. The molecule has 5 nitrogen and oxygen atoms in total. The van der Waals surface area contributed by atoms with Crippen LogP contribution in [0.5, 0.6) is 0 Å². The number of carbonyl (C=O) groups excluding carboxylic acids is 1. The maximum Gasteiger partial charge on any atom is 0.270 e. The zero-order valence-electron chi connectivity index (χ0n) is 12.3. The lowest BCUT2D eigenvalue weighted by Gasteiger charge is -2.09. The third kappa shape index (κ3) is 2.93. The van der Waals surface area contributed by atoms with Crippen LogP contribution in [0.4, 0.5) is 11.5 Å². The van der Waals surface area contributed by atoms with Crippen LogP contribution >= 0.6 is 0 Å². The number of hydrogen-bond donors (Lipinski definition) is 2. The number of pyridine rings is 1. The standard InChI is InChI=1S/C17H17N3O2/c1-2-9-18-17(21)14-11-15-13(8-10-22-15)16(20-14)19-12-6-4-3-5-7-12/h3-8,10-11H,2,9H2,1H3,(H,18,21)(H,19,20). The van der Waals surface area contributed by atoms with Crippen molar-refractivity contribution >= 4 is 28.4 Å². The second-order valence-corrected chi connectivity index (χ2v) is 4.94. The molecule has 0 unspecified atom stereocenters. The van der Waals surface area contributed by atoms with Crippen LogP contribution in [-0.2, 0) is 0 Å². The lowest BCUT2D eigenvalue weighted by Crippen LogP contribution is -2.25. The fourth-order valence-electron chi connectivity index (χ4n) is 2.16. The van der Waals surface area contributed by atoms with E-state index in [-0.39, 0.29) is 5.91 Å². The van der Waals surface area contributed by atoms with Crippen LogP contribution < -0.4 is 10.6 Å². The van der Waals surface area contributed by atoms with Crippen molar-refractivity contribution in [3.05, 3.63) is 54.4 Å². The van der Waals surface area contributed by atoms with Crippen molar-refractivity contribution in [2.75, 3.05) is 11.9 Å². The summed E-state index contributed by atoms with van der Waals surface area (Å²) in [4.78, 5) is 16.6. The van der Waals surface area contributed by atoms with Crippen molar-refractivity contribution in [3.63, 3.8) is 0 Å². The molecule has 1 aromatic carbocycles. The third-order valence-corrected chi connectivity index (χ3v) is 3.26. The van der Waals surface area contributed by atoms with Crippen molar-refractivity contribution < 1.29 is 9.21 Å². The van der Waals surface area contributed by atoms with Crippen LogP contribution in [0.3, 0.4) is 0 Å². The van der Waals surface area contributed by atoms with Crippen LogP contribution in [0.2, 0.25) is 0 Å². The van der Waals surface area contributed by atoms with Gasteiger partial charge in [-0.2, -0.15) is 0 Å². The van der Waals surface area contributed by atoms with Gasteiger partial charge in [0.2, 0.25) is 0 Å². The van der Waals surface area contributed by atoms with Gasteiger partial charge in [-0.25, -0.2) is 4.98 Å².